The summed E-state index contributed by atoms with van der Waals surface area (Å²) in [4.78, 5) is 4.48. The van der Waals surface area contributed by atoms with E-state index < -0.39 is 0 Å². The van der Waals surface area contributed by atoms with Gasteiger partial charge in [0.15, 0.2) is 6.29 Å². The number of fused-ring (bicyclic) bond motifs is 3. The quantitative estimate of drug-likeness (QED) is 0.458. The third-order valence-electron chi connectivity index (χ3n) is 3.60. The molecule has 0 fully saturated rings. The Balaban J connectivity index is 1.80. The second-order valence-electron chi connectivity index (χ2n) is 5.19. The van der Waals surface area contributed by atoms with E-state index in [1.807, 2.05) is 31.4 Å². The fraction of sp³-hybridized carbons (Fsp3) is 0.316. The number of ether oxygens (including phenoxy) is 2. The fourth-order valence-electron chi connectivity index (χ4n) is 2.59. The van der Waals surface area contributed by atoms with Crippen molar-refractivity contribution in [1.82, 2.24) is 0 Å². The number of hydrogen-bond acceptors (Lipinski definition) is 4. The van der Waals surface area contributed by atoms with Gasteiger partial charge < -0.3 is 9.47 Å². The molecule has 1 aromatic heterocycles. The van der Waals surface area contributed by atoms with Crippen molar-refractivity contribution in [3.8, 4) is 0 Å². The summed E-state index contributed by atoms with van der Waals surface area (Å²) in [6.07, 6.45) is 1.64. The molecular formula is C19H21NO2S. The van der Waals surface area contributed by atoms with Gasteiger partial charge in [0.1, 0.15) is 0 Å². The molecule has 0 bridgehead atoms. The average Bonchev–Trinajstić information content (AvgIpc) is 2.93. The van der Waals surface area contributed by atoms with Crippen LogP contribution in [0.15, 0.2) is 47.5 Å². The molecule has 3 rings (SSSR count). The van der Waals surface area contributed by atoms with E-state index in [0.29, 0.717) is 19.8 Å². The van der Waals surface area contributed by atoms with Gasteiger partial charge in [-0.2, -0.15) is 0 Å². The highest BCUT2D eigenvalue weighted by Crippen LogP contribution is 2.33. The predicted molar refractivity (Wildman–Crippen MR) is 98.8 cm³/mol. The molecule has 0 aliphatic rings. The molecule has 3 nitrogen and oxygen atoms in total. The first-order valence-corrected chi connectivity index (χ1v) is 8.77. The number of aliphatic imine (C=N–C) groups is 1. The van der Waals surface area contributed by atoms with Crippen LogP contribution in [-0.4, -0.2) is 32.3 Å². The van der Waals surface area contributed by atoms with E-state index in [9.17, 15) is 0 Å². The van der Waals surface area contributed by atoms with Crippen LogP contribution in [-0.2, 0) is 9.47 Å². The van der Waals surface area contributed by atoms with E-state index in [4.69, 9.17) is 9.47 Å². The lowest BCUT2D eigenvalue weighted by molar-refractivity contribution is -0.128. The monoisotopic (exact) mass is 327 g/mol. The van der Waals surface area contributed by atoms with Crippen LogP contribution in [0.2, 0.25) is 0 Å². The highest BCUT2D eigenvalue weighted by atomic mass is 32.1. The molecule has 0 saturated carbocycles. The first-order valence-electron chi connectivity index (χ1n) is 7.96. The minimum absolute atomic E-state index is 0.257. The van der Waals surface area contributed by atoms with Crippen molar-refractivity contribution in [3.05, 3.63) is 48.0 Å². The Hall–Kier alpha value is -1.75. The van der Waals surface area contributed by atoms with Gasteiger partial charge in [0.05, 0.1) is 6.54 Å². The molecule has 23 heavy (non-hydrogen) atoms. The zero-order chi connectivity index (χ0) is 16.1. The Morgan fingerprint density at radius 2 is 1.74 bits per heavy atom. The molecule has 0 aliphatic heterocycles. The molecule has 4 heteroatoms. The van der Waals surface area contributed by atoms with Gasteiger partial charge in [0, 0.05) is 39.6 Å². The fourth-order valence-corrected chi connectivity index (χ4v) is 3.68. The van der Waals surface area contributed by atoms with Gasteiger partial charge in [0.2, 0.25) is 0 Å². The van der Waals surface area contributed by atoms with Crippen molar-refractivity contribution in [2.24, 2.45) is 4.99 Å². The van der Waals surface area contributed by atoms with Crippen LogP contribution in [0.5, 0.6) is 0 Å². The lowest BCUT2D eigenvalue weighted by Crippen LogP contribution is -2.20. The van der Waals surface area contributed by atoms with E-state index in [0.717, 1.165) is 5.56 Å². The molecule has 0 atom stereocenters. The van der Waals surface area contributed by atoms with E-state index in [2.05, 4.69) is 47.5 Å². The van der Waals surface area contributed by atoms with Crippen molar-refractivity contribution >= 4 is 37.7 Å². The lowest BCUT2D eigenvalue weighted by Gasteiger charge is -2.14. The van der Waals surface area contributed by atoms with Crippen molar-refractivity contribution in [1.29, 1.82) is 0 Å². The highest BCUT2D eigenvalue weighted by molar-refractivity contribution is 7.25. The maximum atomic E-state index is 5.50. The number of benzene rings is 2. The van der Waals surface area contributed by atoms with Gasteiger partial charge in [-0.25, -0.2) is 0 Å². The predicted octanol–water partition coefficient (Wildman–Crippen LogP) is 4.87. The molecule has 0 radical (unpaired) electrons. The lowest BCUT2D eigenvalue weighted by atomic mass is 10.1. The number of thiophene rings is 1. The third kappa shape index (κ3) is 3.78. The number of rotatable bonds is 7. The Morgan fingerprint density at radius 3 is 2.52 bits per heavy atom. The van der Waals surface area contributed by atoms with Crippen LogP contribution in [0.3, 0.4) is 0 Å². The first kappa shape index (κ1) is 16.1. The molecule has 2 aromatic carbocycles. The maximum absolute atomic E-state index is 5.50. The van der Waals surface area contributed by atoms with Gasteiger partial charge in [-0.05, 0) is 37.6 Å². The average molecular weight is 327 g/mol. The van der Waals surface area contributed by atoms with E-state index >= 15 is 0 Å². The smallest absolute Gasteiger partial charge is 0.176 e. The first-order chi connectivity index (χ1) is 11.3. The van der Waals surface area contributed by atoms with Crippen LogP contribution in [0, 0.1) is 0 Å². The van der Waals surface area contributed by atoms with Crippen LogP contribution in [0.25, 0.3) is 20.2 Å². The number of hydrogen-bond donors (Lipinski definition) is 0. The SMILES string of the molecule is CCOC(CN=Cc1ccc2sc3ccccc3c2c1)OCC. The van der Waals surface area contributed by atoms with Crippen LogP contribution < -0.4 is 0 Å². The largest absolute Gasteiger partial charge is 0.351 e. The summed E-state index contributed by atoms with van der Waals surface area (Å²) in [5.74, 6) is 0. The minimum atomic E-state index is -0.257. The van der Waals surface area contributed by atoms with Gasteiger partial charge in [-0.15, -0.1) is 11.3 Å². The summed E-state index contributed by atoms with van der Waals surface area (Å²) in [7, 11) is 0. The summed E-state index contributed by atoms with van der Waals surface area (Å²) in [5, 5.41) is 2.60. The Labute approximate surface area is 140 Å². The summed E-state index contributed by atoms with van der Waals surface area (Å²) >= 11 is 1.83. The summed E-state index contributed by atoms with van der Waals surface area (Å²) in [5.41, 5.74) is 1.10. The van der Waals surface area contributed by atoms with Crippen LogP contribution >= 0.6 is 11.3 Å². The van der Waals surface area contributed by atoms with Gasteiger partial charge >= 0.3 is 0 Å². The van der Waals surface area contributed by atoms with Crippen molar-refractivity contribution in [3.63, 3.8) is 0 Å². The van der Waals surface area contributed by atoms with Crippen molar-refractivity contribution < 1.29 is 9.47 Å². The summed E-state index contributed by atoms with van der Waals surface area (Å²) in [6.45, 7) is 5.71. The normalized spacial score (nSPS) is 12.1. The Kier molecular flexibility index (Phi) is 5.39. The minimum Gasteiger partial charge on any atom is -0.351 e. The van der Waals surface area contributed by atoms with Gasteiger partial charge in [-0.3, -0.25) is 4.99 Å². The van der Waals surface area contributed by atoms with Crippen molar-refractivity contribution in [2.75, 3.05) is 19.8 Å². The molecule has 3 aromatic rings. The topological polar surface area (TPSA) is 30.8 Å². The van der Waals surface area contributed by atoms with Crippen LogP contribution in [0.1, 0.15) is 19.4 Å². The molecule has 120 valence electrons. The highest BCUT2D eigenvalue weighted by Gasteiger charge is 2.06. The van der Waals surface area contributed by atoms with E-state index in [1.54, 1.807) is 0 Å². The zero-order valence-corrected chi connectivity index (χ0v) is 14.3. The molecule has 1 heterocycles. The standard InChI is InChI=1S/C19H21NO2S/c1-3-21-19(22-4-2)13-20-12-14-9-10-18-16(11-14)15-7-5-6-8-17(15)23-18/h5-12,19H,3-4,13H2,1-2H3. The second-order valence-corrected chi connectivity index (χ2v) is 6.27. The molecule has 0 aliphatic carbocycles. The molecule has 0 N–H and O–H groups in total. The zero-order valence-electron chi connectivity index (χ0n) is 13.5. The summed E-state index contributed by atoms with van der Waals surface area (Å²) < 4.78 is 13.6. The van der Waals surface area contributed by atoms with E-state index in [1.165, 1.54) is 20.2 Å². The number of nitrogens with zero attached hydrogens (tertiary/aromatic N) is 1. The Bertz CT molecular complexity index is 803. The van der Waals surface area contributed by atoms with Crippen molar-refractivity contribution in [2.45, 2.75) is 20.1 Å². The molecule has 0 spiro atoms. The van der Waals surface area contributed by atoms with E-state index in [-0.39, 0.29) is 6.29 Å². The third-order valence-corrected chi connectivity index (χ3v) is 4.75. The van der Waals surface area contributed by atoms with Gasteiger partial charge in [-0.1, -0.05) is 24.3 Å². The maximum Gasteiger partial charge on any atom is 0.176 e. The Morgan fingerprint density at radius 1 is 1.00 bits per heavy atom. The second kappa shape index (κ2) is 7.68. The van der Waals surface area contributed by atoms with Crippen LogP contribution in [0.4, 0.5) is 0 Å². The van der Waals surface area contributed by atoms with Gasteiger partial charge in [0.25, 0.3) is 0 Å². The molecular weight excluding hydrogens is 306 g/mol. The molecule has 0 saturated heterocycles. The summed E-state index contributed by atoms with van der Waals surface area (Å²) in [6, 6.07) is 15.0. The molecule has 0 unspecified atom stereocenters. The molecule has 0 amide bonds.